The molecule has 172 valence electrons. The third kappa shape index (κ3) is 5.41. The number of halogens is 1. The predicted octanol–water partition coefficient (Wildman–Crippen LogP) is 6.03. The van der Waals surface area contributed by atoms with Gasteiger partial charge in [-0.25, -0.2) is 4.98 Å². The van der Waals surface area contributed by atoms with Crippen LogP contribution in [0.4, 0.5) is 5.82 Å². The average molecular weight is 527 g/mol. The normalized spacial score (nSPS) is 13.8. The van der Waals surface area contributed by atoms with E-state index >= 15 is 0 Å². The molecule has 0 spiro atoms. The summed E-state index contributed by atoms with van der Waals surface area (Å²) in [5.74, 6) is 0.796. The van der Waals surface area contributed by atoms with Crippen molar-refractivity contribution in [2.24, 2.45) is 0 Å². The van der Waals surface area contributed by atoms with E-state index in [-0.39, 0.29) is 6.04 Å². The van der Waals surface area contributed by atoms with E-state index in [1.54, 1.807) is 0 Å². The molecule has 0 bridgehead atoms. The summed E-state index contributed by atoms with van der Waals surface area (Å²) in [6, 6.07) is 19.6. The third-order valence-electron chi connectivity index (χ3n) is 5.31. The van der Waals surface area contributed by atoms with Gasteiger partial charge in [0.25, 0.3) is 0 Å². The summed E-state index contributed by atoms with van der Waals surface area (Å²) in [7, 11) is 1.85. The zero-order valence-electron chi connectivity index (χ0n) is 19.1. The molecular weight excluding hydrogens is 500 g/mol. The van der Waals surface area contributed by atoms with Crippen LogP contribution in [0.15, 0.2) is 69.7 Å². The molecule has 0 aliphatic carbocycles. The fourth-order valence-electron chi connectivity index (χ4n) is 3.58. The molecular formula is C25H27BrN4O2S. The molecule has 8 heteroatoms. The summed E-state index contributed by atoms with van der Waals surface area (Å²) >= 11 is 2.21. The van der Waals surface area contributed by atoms with E-state index in [4.69, 9.17) is 4.52 Å². The molecule has 0 saturated heterocycles. The maximum atomic E-state index is 13.1. The minimum absolute atomic E-state index is 0.247. The van der Waals surface area contributed by atoms with Crippen molar-refractivity contribution in [3.8, 4) is 11.3 Å². The van der Waals surface area contributed by atoms with Crippen molar-refractivity contribution in [1.82, 2.24) is 14.9 Å². The van der Waals surface area contributed by atoms with Crippen LogP contribution in [-0.2, 0) is 17.8 Å². The van der Waals surface area contributed by atoms with Crippen LogP contribution >= 0.6 is 15.9 Å². The fraction of sp³-hybridized carbons (Fsp3) is 0.280. The van der Waals surface area contributed by atoms with Crippen molar-refractivity contribution < 1.29 is 9.08 Å². The van der Waals surface area contributed by atoms with E-state index in [1.165, 1.54) is 0 Å². The highest BCUT2D eigenvalue weighted by Gasteiger charge is 2.31. The molecule has 2 N–H and O–H groups in total. The number of rotatable bonds is 7. The molecule has 2 heterocycles. The zero-order valence-corrected chi connectivity index (χ0v) is 21.5. The lowest BCUT2D eigenvalue weighted by Crippen LogP contribution is -2.42. The van der Waals surface area contributed by atoms with Crippen LogP contribution in [0.5, 0.6) is 0 Å². The smallest absolute Gasteiger partial charge is 0.168 e. The fourth-order valence-corrected chi connectivity index (χ4v) is 4.75. The van der Waals surface area contributed by atoms with Gasteiger partial charge in [-0.3, -0.25) is 0 Å². The number of hydrogen-bond donors (Lipinski definition) is 2. The highest BCUT2D eigenvalue weighted by molar-refractivity contribution is 9.10. The number of fused-ring (bicyclic) bond motifs is 1. The van der Waals surface area contributed by atoms with Gasteiger partial charge in [0.15, 0.2) is 5.58 Å². The van der Waals surface area contributed by atoms with Crippen LogP contribution in [0.3, 0.4) is 0 Å². The number of benzene rings is 2. The molecule has 2 aromatic heterocycles. The first-order chi connectivity index (χ1) is 15.8. The summed E-state index contributed by atoms with van der Waals surface area (Å²) in [6.07, 6.45) is 0.565. The Balaban J connectivity index is 1.79. The van der Waals surface area contributed by atoms with Crippen LogP contribution in [0, 0.1) is 0 Å². The Morgan fingerprint density at radius 3 is 2.64 bits per heavy atom. The van der Waals surface area contributed by atoms with Gasteiger partial charge < -0.3 is 14.4 Å². The van der Waals surface area contributed by atoms with E-state index in [0.29, 0.717) is 12.0 Å². The highest BCUT2D eigenvalue weighted by atomic mass is 79.9. The molecule has 0 aliphatic rings. The molecule has 0 unspecified atom stereocenters. The Kier molecular flexibility index (Phi) is 7.09. The van der Waals surface area contributed by atoms with Crippen molar-refractivity contribution in [2.75, 3.05) is 12.4 Å². The number of nitrogens with one attached hydrogen (secondary N) is 2. The molecule has 4 aromatic rings. The molecule has 6 nitrogen and oxygen atoms in total. The van der Waals surface area contributed by atoms with Gasteiger partial charge in [0, 0.05) is 45.9 Å². The largest absolute Gasteiger partial charge is 0.598 e. The van der Waals surface area contributed by atoms with E-state index in [0.717, 1.165) is 38.2 Å². The average Bonchev–Trinajstić information content (AvgIpc) is 3.21. The topological polar surface area (TPSA) is 86.0 Å². The number of nitrogens with zero attached hydrogens (tertiary/aromatic N) is 2. The highest BCUT2D eigenvalue weighted by Crippen LogP contribution is 2.35. The zero-order chi connectivity index (χ0) is 23.6. The van der Waals surface area contributed by atoms with Crippen molar-refractivity contribution in [3.63, 3.8) is 0 Å². The molecule has 0 aliphatic heterocycles. The SMILES string of the molecule is CNc1cccc(C[C@H](N[S@@+]([O-])C(C)(C)C)c2ccccc2-c2noc3cc(Br)ccc23)n1. The third-order valence-corrected chi connectivity index (χ3v) is 7.41. The van der Waals surface area contributed by atoms with Gasteiger partial charge in [0.2, 0.25) is 0 Å². The Bertz CT molecular complexity index is 1250. The molecule has 2 atom stereocenters. The van der Waals surface area contributed by atoms with Crippen molar-refractivity contribution in [1.29, 1.82) is 0 Å². The molecule has 33 heavy (non-hydrogen) atoms. The second kappa shape index (κ2) is 9.85. The van der Waals surface area contributed by atoms with E-state index < -0.39 is 16.1 Å². The second-order valence-corrected chi connectivity index (χ2v) is 11.7. The summed E-state index contributed by atoms with van der Waals surface area (Å²) in [6.45, 7) is 5.88. The lowest BCUT2D eigenvalue weighted by atomic mass is 9.94. The number of pyridine rings is 1. The quantitative estimate of drug-likeness (QED) is 0.286. The minimum atomic E-state index is -1.28. The van der Waals surface area contributed by atoms with Crippen LogP contribution < -0.4 is 10.0 Å². The van der Waals surface area contributed by atoms with Gasteiger partial charge in [-0.15, -0.1) is 4.72 Å². The molecule has 4 rings (SSSR count). The molecule has 0 fully saturated rings. The first-order valence-electron chi connectivity index (χ1n) is 10.7. The van der Waals surface area contributed by atoms with Gasteiger partial charge in [-0.1, -0.05) is 51.4 Å². The summed E-state index contributed by atoms with van der Waals surface area (Å²) in [4.78, 5) is 4.69. The molecule has 0 radical (unpaired) electrons. The lowest BCUT2D eigenvalue weighted by molar-refractivity contribution is 0.459. The monoisotopic (exact) mass is 526 g/mol. The Labute approximate surface area is 205 Å². The van der Waals surface area contributed by atoms with Crippen LogP contribution in [0.25, 0.3) is 22.2 Å². The van der Waals surface area contributed by atoms with Crippen LogP contribution in [0.1, 0.15) is 38.1 Å². The Morgan fingerprint density at radius 1 is 1.09 bits per heavy atom. The Hall–Kier alpha value is -2.39. The van der Waals surface area contributed by atoms with Crippen molar-refractivity contribution in [2.45, 2.75) is 38.0 Å². The van der Waals surface area contributed by atoms with Crippen LogP contribution in [0.2, 0.25) is 0 Å². The van der Waals surface area contributed by atoms with Crippen molar-refractivity contribution >= 4 is 44.1 Å². The van der Waals surface area contributed by atoms with E-state index in [9.17, 15) is 4.55 Å². The maximum absolute atomic E-state index is 13.1. The Morgan fingerprint density at radius 2 is 1.88 bits per heavy atom. The summed E-state index contributed by atoms with van der Waals surface area (Å²) in [5.41, 5.74) is 4.30. The molecule has 0 amide bonds. The summed E-state index contributed by atoms with van der Waals surface area (Å²) < 4.78 is 22.6. The number of aromatic nitrogens is 2. The maximum Gasteiger partial charge on any atom is 0.168 e. The predicted molar refractivity (Wildman–Crippen MR) is 138 cm³/mol. The van der Waals surface area contributed by atoms with Gasteiger partial charge in [0.05, 0.1) is 6.04 Å². The number of anilines is 1. The minimum Gasteiger partial charge on any atom is -0.598 e. The molecule has 2 aromatic carbocycles. The van der Waals surface area contributed by atoms with E-state index in [2.05, 4.69) is 36.1 Å². The molecule has 0 saturated carbocycles. The van der Waals surface area contributed by atoms with Gasteiger partial charge in [0.1, 0.15) is 16.3 Å². The first kappa shape index (κ1) is 23.8. The number of hydrogen-bond acceptors (Lipinski definition) is 6. The first-order valence-corrected chi connectivity index (χ1v) is 12.7. The van der Waals surface area contributed by atoms with Crippen LogP contribution in [-0.4, -0.2) is 26.5 Å². The van der Waals surface area contributed by atoms with Gasteiger partial charge in [-0.05, 0) is 56.7 Å². The van der Waals surface area contributed by atoms with Crippen molar-refractivity contribution in [3.05, 3.63) is 76.4 Å². The second-order valence-electron chi connectivity index (χ2n) is 8.78. The van der Waals surface area contributed by atoms with E-state index in [1.807, 2.05) is 88.5 Å². The van der Waals surface area contributed by atoms with Gasteiger partial charge >= 0.3 is 0 Å². The summed E-state index contributed by atoms with van der Waals surface area (Å²) in [5, 5.41) is 8.40. The lowest BCUT2D eigenvalue weighted by Gasteiger charge is -2.29. The van der Waals surface area contributed by atoms with Gasteiger partial charge in [-0.2, -0.15) is 0 Å². The standard InChI is InChI=1S/C25H27BrN4O2S/c1-25(2,3)33(31)30-21(15-17-8-7-11-23(27-4)28-17)18-9-5-6-10-19(18)24-20-13-12-16(26)14-22(20)32-29-24/h5-14,21,30H,15H2,1-4H3,(H,27,28)/t21-,33-/m0/s1.